The van der Waals surface area contributed by atoms with E-state index in [1.165, 1.54) is 33.5 Å². The number of hydrogen-bond donors (Lipinski definition) is 0. The largest absolute Gasteiger partial charge is 0.0651 e. The highest BCUT2D eigenvalue weighted by atomic mass is 127. The second-order valence-electron chi connectivity index (χ2n) is 3.60. The van der Waals surface area contributed by atoms with Crippen molar-refractivity contribution in [1.29, 1.82) is 0 Å². The number of hydrogen-bond acceptors (Lipinski definition) is 0. The molecule has 0 aliphatic rings. The minimum absolute atomic E-state index is 1.19. The van der Waals surface area contributed by atoms with Crippen LogP contribution < -0.4 is 0 Å². The first-order chi connectivity index (χ1) is 6.13. The minimum atomic E-state index is 1.19. The average molecular weight is 287 g/mol. The van der Waals surface area contributed by atoms with E-state index in [0.717, 1.165) is 0 Å². The molecule has 0 heterocycles. The van der Waals surface area contributed by atoms with Crippen LogP contribution in [0.4, 0.5) is 0 Å². The predicted octanol–water partition coefficient (Wildman–Crippen LogP) is 4.21. The van der Waals surface area contributed by atoms with Crippen molar-refractivity contribution in [2.75, 3.05) is 0 Å². The Hall–Kier alpha value is -0.0500. The molecule has 0 N–H and O–H groups in total. The lowest BCUT2D eigenvalue weighted by Gasteiger charge is -2.08. The zero-order valence-electron chi connectivity index (χ0n) is 8.52. The van der Waals surface area contributed by atoms with Crippen molar-refractivity contribution >= 4 is 22.6 Å². The van der Waals surface area contributed by atoms with Crippen molar-refractivity contribution in [2.45, 2.75) is 33.6 Å². The maximum Gasteiger partial charge on any atom is 0.0136 e. The molecule has 0 aliphatic carbocycles. The summed E-state index contributed by atoms with van der Waals surface area (Å²) < 4.78 is 1.35. The standard InChI is InChI=1S/C12H16I/c1-4-5-10-6-11(9(2)3)8-12(13)7-10/h6-8H,4-5H2,1-3H3. The Kier molecular flexibility index (Phi) is 4.23. The number of rotatable bonds is 3. The highest BCUT2D eigenvalue weighted by molar-refractivity contribution is 14.1. The third kappa shape index (κ3) is 3.29. The quantitative estimate of drug-likeness (QED) is 0.731. The lowest BCUT2D eigenvalue weighted by molar-refractivity contribution is 0.917. The highest BCUT2D eigenvalue weighted by Crippen LogP contribution is 2.19. The monoisotopic (exact) mass is 287 g/mol. The Bertz CT molecular complexity index is 276. The van der Waals surface area contributed by atoms with Crippen molar-refractivity contribution in [1.82, 2.24) is 0 Å². The second kappa shape index (κ2) is 4.99. The predicted molar refractivity (Wildman–Crippen MR) is 66.8 cm³/mol. The van der Waals surface area contributed by atoms with Crippen molar-refractivity contribution in [2.24, 2.45) is 0 Å². The van der Waals surface area contributed by atoms with Gasteiger partial charge in [-0.15, -0.1) is 0 Å². The van der Waals surface area contributed by atoms with Gasteiger partial charge in [-0.05, 0) is 58.2 Å². The molecule has 0 nitrogen and oxygen atoms in total. The molecule has 13 heavy (non-hydrogen) atoms. The summed E-state index contributed by atoms with van der Waals surface area (Å²) in [5.41, 5.74) is 2.85. The molecular weight excluding hydrogens is 271 g/mol. The van der Waals surface area contributed by atoms with E-state index in [2.05, 4.69) is 61.6 Å². The van der Waals surface area contributed by atoms with Gasteiger partial charge in [0.1, 0.15) is 0 Å². The van der Waals surface area contributed by atoms with Gasteiger partial charge in [-0.3, -0.25) is 0 Å². The molecular formula is C12H16I. The summed E-state index contributed by atoms with van der Waals surface area (Å²) in [5.74, 6) is 1.40. The van der Waals surface area contributed by atoms with E-state index in [1.807, 2.05) is 0 Å². The van der Waals surface area contributed by atoms with Gasteiger partial charge in [-0.25, -0.2) is 0 Å². The fraction of sp³-hybridized carbons (Fsp3) is 0.417. The van der Waals surface area contributed by atoms with Gasteiger partial charge in [0.05, 0.1) is 0 Å². The first-order valence-corrected chi connectivity index (χ1v) is 5.81. The molecule has 1 aromatic carbocycles. The zero-order valence-corrected chi connectivity index (χ0v) is 10.7. The van der Waals surface area contributed by atoms with Crippen molar-refractivity contribution in [3.05, 3.63) is 38.8 Å². The van der Waals surface area contributed by atoms with E-state index in [9.17, 15) is 0 Å². The topological polar surface area (TPSA) is 0 Å². The smallest absolute Gasteiger partial charge is 0.0136 e. The molecule has 1 rings (SSSR count). The number of aryl methyl sites for hydroxylation is 1. The minimum Gasteiger partial charge on any atom is -0.0651 e. The van der Waals surface area contributed by atoms with Crippen LogP contribution in [0, 0.1) is 9.49 Å². The molecule has 0 saturated heterocycles. The van der Waals surface area contributed by atoms with Gasteiger partial charge in [-0.2, -0.15) is 0 Å². The Morgan fingerprint density at radius 3 is 2.46 bits per heavy atom. The first kappa shape index (κ1) is 11.0. The van der Waals surface area contributed by atoms with Gasteiger partial charge in [0.25, 0.3) is 0 Å². The van der Waals surface area contributed by atoms with Gasteiger partial charge < -0.3 is 0 Å². The van der Waals surface area contributed by atoms with Crippen LogP contribution in [0.3, 0.4) is 0 Å². The van der Waals surface area contributed by atoms with Crippen LogP contribution in [-0.2, 0) is 6.42 Å². The fourth-order valence-corrected chi connectivity index (χ4v) is 2.11. The number of halogens is 1. The summed E-state index contributed by atoms with van der Waals surface area (Å²) in [6, 6.07) is 6.83. The van der Waals surface area contributed by atoms with E-state index >= 15 is 0 Å². The maximum atomic E-state index is 2.39. The normalized spacial score (nSPS) is 10.8. The lowest BCUT2D eigenvalue weighted by atomic mass is 9.99. The summed E-state index contributed by atoms with van der Waals surface area (Å²) in [6.07, 6.45) is 2.42. The van der Waals surface area contributed by atoms with Gasteiger partial charge >= 0.3 is 0 Å². The zero-order chi connectivity index (χ0) is 9.84. The molecule has 71 valence electrons. The fourth-order valence-electron chi connectivity index (χ4n) is 1.37. The third-order valence-corrected chi connectivity index (χ3v) is 2.70. The van der Waals surface area contributed by atoms with E-state index in [1.54, 1.807) is 0 Å². The van der Waals surface area contributed by atoms with Crippen LogP contribution in [0.25, 0.3) is 0 Å². The Labute approximate surface area is 94.9 Å². The van der Waals surface area contributed by atoms with E-state index in [0.29, 0.717) is 0 Å². The molecule has 1 heteroatoms. The molecule has 0 saturated carbocycles. The third-order valence-electron chi connectivity index (χ3n) is 2.07. The van der Waals surface area contributed by atoms with E-state index < -0.39 is 0 Å². The molecule has 0 aliphatic heterocycles. The summed E-state index contributed by atoms with van der Waals surface area (Å²) in [6.45, 7) is 6.56. The summed E-state index contributed by atoms with van der Waals surface area (Å²) in [5, 5.41) is 0. The van der Waals surface area contributed by atoms with Gasteiger partial charge in [0, 0.05) is 3.57 Å². The molecule has 1 aromatic rings. The molecule has 0 atom stereocenters. The molecule has 0 fully saturated rings. The highest BCUT2D eigenvalue weighted by Gasteiger charge is 2.02. The first-order valence-electron chi connectivity index (χ1n) is 4.73. The van der Waals surface area contributed by atoms with Crippen LogP contribution >= 0.6 is 22.6 Å². The van der Waals surface area contributed by atoms with Crippen molar-refractivity contribution in [3.8, 4) is 0 Å². The summed E-state index contributed by atoms with van der Waals surface area (Å²) in [7, 11) is 0. The van der Waals surface area contributed by atoms with Crippen molar-refractivity contribution in [3.63, 3.8) is 0 Å². The maximum absolute atomic E-state index is 2.39. The van der Waals surface area contributed by atoms with Gasteiger partial charge in [0.15, 0.2) is 0 Å². The van der Waals surface area contributed by atoms with E-state index in [4.69, 9.17) is 0 Å². The molecule has 0 spiro atoms. The Morgan fingerprint density at radius 2 is 1.92 bits per heavy atom. The van der Waals surface area contributed by atoms with Crippen LogP contribution in [-0.4, -0.2) is 0 Å². The van der Waals surface area contributed by atoms with E-state index in [-0.39, 0.29) is 0 Å². The Morgan fingerprint density at radius 1 is 1.23 bits per heavy atom. The average Bonchev–Trinajstić information content (AvgIpc) is 2.03. The summed E-state index contributed by atoms with van der Waals surface area (Å²) in [4.78, 5) is 0. The van der Waals surface area contributed by atoms with Crippen LogP contribution in [0.2, 0.25) is 0 Å². The van der Waals surface area contributed by atoms with Crippen LogP contribution in [0.1, 0.15) is 38.3 Å². The van der Waals surface area contributed by atoms with Gasteiger partial charge in [-0.1, -0.05) is 33.3 Å². The number of benzene rings is 1. The van der Waals surface area contributed by atoms with Crippen LogP contribution in [0.15, 0.2) is 18.2 Å². The Balaban J connectivity index is 2.96. The molecule has 0 amide bonds. The SMILES string of the molecule is CCCc1cc(I)cc([C](C)C)c1. The van der Waals surface area contributed by atoms with Gasteiger partial charge in [0.2, 0.25) is 0 Å². The molecule has 1 radical (unpaired) electrons. The lowest BCUT2D eigenvalue weighted by Crippen LogP contribution is -1.93. The van der Waals surface area contributed by atoms with Crippen LogP contribution in [0.5, 0.6) is 0 Å². The molecule has 0 aromatic heterocycles. The second-order valence-corrected chi connectivity index (χ2v) is 4.84. The molecule has 0 bridgehead atoms. The van der Waals surface area contributed by atoms with Crippen molar-refractivity contribution < 1.29 is 0 Å². The summed E-state index contributed by atoms with van der Waals surface area (Å²) >= 11 is 2.39. The molecule has 0 unspecified atom stereocenters.